The van der Waals surface area contributed by atoms with Gasteiger partial charge in [0.2, 0.25) is 10.0 Å². The third-order valence-corrected chi connectivity index (χ3v) is 7.75. The molecule has 2 heterocycles. The zero-order valence-electron chi connectivity index (χ0n) is 18.3. The molecular formula is C23H28FN3O4S. The van der Waals surface area contributed by atoms with Gasteiger partial charge in [-0.1, -0.05) is 6.07 Å². The number of piperazine rings is 1. The van der Waals surface area contributed by atoms with E-state index in [0.29, 0.717) is 44.8 Å². The summed E-state index contributed by atoms with van der Waals surface area (Å²) in [7, 11) is -3.73. The fourth-order valence-electron chi connectivity index (χ4n) is 4.30. The highest BCUT2D eigenvalue weighted by Gasteiger charge is 2.31. The molecule has 32 heavy (non-hydrogen) atoms. The highest BCUT2D eigenvalue weighted by atomic mass is 32.2. The molecule has 2 aliphatic rings. The van der Waals surface area contributed by atoms with Crippen molar-refractivity contribution in [2.24, 2.45) is 0 Å². The molecule has 2 atom stereocenters. The standard InChI is InChI=1S/C23H28FN3O4S/c1-17-15-26(16-18(2)31-17)23(28)19-4-3-5-22(14-19)32(29,30)27-12-10-25(11-13-27)21-8-6-20(24)7-9-21/h3-9,14,17-18H,10-13,15-16H2,1-2H3/t17-,18-/m0/s1. The van der Waals surface area contributed by atoms with E-state index in [9.17, 15) is 17.6 Å². The predicted octanol–water partition coefficient (Wildman–Crippen LogP) is 2.59. The lowest BCUT2D eigenvalue weighted by molar-refractivity contribution is -0.0586. The average molecular weight is 462 g/mol. The van der Waals surface area contributed by atoms with Gasteiger partial charge in [-0.05, 0) is 56.3 Å². The summed E-state index contributed by atoms with van der Waals surface area (Å²) in [6.07, 6.45) is -0.126. The first-order valence-corrected chi connectivity index (χ1v) is 12.2. The van der Waals surface area contributed by atoms with Crippen LogP contribution in [0, 0.1) is 5.82 Å². The van der Waals surface area contributed by atoms with Gasteiger partial charge in [-0.15, -0.1) is 0 Å². The van der Waals surface area contributed by atoms with E-state index in [1.54, 1.807) is 29.2 Å². The van der Waals surface area contributed by atoms with Crippen LogP contribution in [0.25, 0.3) is 0 Å². The highest BCUT2D eigenvalue weighted by Crippen LogP contribution is 2.23. The Morgan fingerprint density at radius 2 is 1.59 bits per heavy atom. The summed E-state index contributed by atoms with van der Waals surface area (Å²) in [6.45, 7) is 6.44. The molecule has 0 spiro atoms. The number of nitrogens with zero attached hydrogens (tertiary/aromatic N) is 3. The van der Waals surface area contributed by atoms with Gasteiger partial charge in [0.25, 0.3) is 5.91 Å². The quantitative estimate of drug-likeness (QED) is 0.700. The summed E-state index contributed by atoms with van der Waals surface area (Å²) in [5.41, 5.74) is 1.22. The van der Waals surface area contributed by atoms with Gasteiger partial charge in [0, 0.05) is 50.5 Å². The van der Waals surface area contributed by atoms with Crippen LogP contribution >= 0.6 is 0 Å². The van der Waals surface area contributed by atoms with E-state index in [1.165, 1.54) is 28.6 Å². The Morgan fingerprint density at radius 3 is 2.22 bits per heavy atom. The van der Waals surface area contributed by atoms with Crippen molar-refractivity contribution in [2.75, 3.05) is 44.2 Å². The van der Waals surface area contributed by atoms with Crippen LogP contribution in [0.5, 0.6) is 0 Å². The van der Waals surface area contributed by atoms with Gasteiger partial charge >= 0.3 is 0 Å². The summed E-state index contributed by atoms with van der Waals surface area (Å²) < 4.78 is 46.8. The van der Waals surface area contributed by atoms with Crippen LogP contribution in [0.4, 0.5) is 10.1 Å². The average Bonchev–Trinajstić information content (AvgIpc) is 2.78. The zero-order valence-corrected chi connectivity index (χ0v) is 19.1. The summed E-state index contributed by atoms with van der Waals surface area (Å²) in [6, 6.07) is 12.5. The largest absolute Gasteiger partial charge is 0.372 e. The van der Waals surface area contributed by atoms with Crippen molar-refractivity contribution in [1.82, 2.24) is 9.21 Å². The van der Waals surface area contributed by atoms with Crippen molar-refractivity contribution in [3.05, 3.63) is 59.9 Å². The number of halogens is 1. The first kappa shape index (κ1) is 22.7. The second-order valence-corrected chi connectivity index (χ2v) is 10.3. The number of benzene rings is 2. The zero-order chi connectivity index (χ0) is 22.9. The maximum absolute atomic E-state index is 13.2. The van der Waals surface area contributed by atoms with Crippen LogP contribution in [0.15, 0.2) is 53.4 Å². The molecule has 0 N–H and O–H groups in total. The molecule has 2 aromatic carbocycles. The molecule has 0 radical (unpaired) electrons. The molecule has 0 aliphatic carbocycles. The SMILES string of the molecule is C[C@H]1CN(C(=O)c2cccc(S(=O)(=O)N3CCN(c4ccc(F)cc4)CC3)c2)C[C@H](C)O1. The van der Waals surface area contributed by atoms with Crippen molar-refractivity contribution < 1.29 is 22.3 Å². The minimum absolute atomic E-state index is 0.0629. The first-order chi connectivity index (χ1) is 15.2. The van der Waals surface area contributed by atoms with E-state index >= 15 is 0 Å². The summed E-state index contributed by atoms with van der Waals surface area (Å²) in [4.78, 5) is 16.9. The van der Waals surface area contributed by atoms with Crippen LogP contribution in [0.3, 0.4) is 0 Å². The molecule has 2 saturated heterocycles. The Balaban J connectivity index is 1.46. The second kappa shape index (κ2) is 9.17. The van der Waals surface area contributed by atoms with Crippen molar-refractivity contribution in [2.45, 2.75) is 31.0 Å². The minimum Gasteiger partial charge on any atom is -0.372 e. The summed E-state index contributed by atoms with van der Waals surface area (Å²) in [5.74, 6) is -0.490. The molecular weight excluding hydrogens is 433 g/mol. The lowest BCUT2D eigenvalue weighted by atomic mass is 10.1. The maximum atomic E-state index is 13.2. The lowest BCUT2D eigenvalue weighted by Crippen LogP contribution is -2.49. The number of carbonyl (C=O) groups excluding carboxylic acids is 1. The van der Waals surface area contributed by atoms with Gasteiger partial charge in [0.1, 0.15) is 5.82 Å². The topological polar surface area (TPSA) is 70.2 Å². The molecule has 2 fully saturated rings. The number of hydrogen-bond acceptors (Lipinski definition) is 5. The molecule has 172 valence electrons. The second-order valence-electron chi connectivity index (χ2n) is 8.36. The number of amides is 1. The molecule has 0 saturated carbocycles. The van der Waals surface area contributed by atoms with Gasteiger partial charge in [0.15, 0.2) is 0 Å². The minimum atomic E-state index is -3.73. The lowest BCUT2D eigenvalue weighted by Gasteiger charge is -2.36. The van der Waals surface area contributed by atoms with Crippen molar-refractivity contribution >= 4 is 21.6 Å². The highest BCUT2D eigenvalue weighted by molar-refractivity contribution is 7.89. The Labute approximate surface area is 188 Å². The van der Waals surface area contributed by atoms with Gasteiger partial charge < -0.3 is 14.5 Å². The van der Waals surface area contributed by atoms with Crippen LogP contribution < -0.4 is 4.90 Å². The monoisotopic (exact) mass is 461 g/mol. The van der Waals surface area contributed by atoms with Gasteiger partial charge in [0.05, 0.1) is 17.1 Å². The fourth-order valence-corrected chi connectivity index (χ4v) is 5.77. The van der Waals surface area contributed by atoms with Crippen molar-refractivity contribution in [3.63, 3.8) is 0 Å². The Morgan fingerprint density at radius 1 is 0.969 bits per heavy atom. The van der Waals surface area contributed by atoms with Crippen LogP contribution in [0.2, 0.25) is 0 Å². The molecule has 4 rings (SSSR count). The molecule has 0 unspecified atom stereocenters. The fraction of sp³-hybridized carbons (Fsp3) is 0.435. The third-order valence-electron chi connectivity index (χ3n) is 5.86. The van der Waals surface area contributed by atoms with Gasteiger partial charge in [-0.3, -0.25) is 4.79 Å². The smallest absolute Gasteiger partial charge is 0.254 e. The Bertz CT molecular complexity index is 1060. The number of ether oxygens (including phenoxy) is 1. The molecule has 1 amide bonds. The van der Waals surface area contributed by atoms with E-state index < -0.39 is 10.0 Å². The van der Waals surface area contributed by atoms with Gasteiger partial charge in [-0.25, -0.2) is 12.8 Å². The molecule has 0 aromatic heterocycles. The van der Waals surface area contributed by atoms with E-state index in [2.05, 4.69) is 0 Å². The number of morpholine rings is 1. The normalized spacial score (nSPS) is 22.7. The van der Waals surface area contributed by atoms with E-state index in [4.69, 9.17) is 4.74 Å². The maximum Gasteiger partial charge on any atom is 0.254 e. The molecule has 2 aliphatic heterocycles. The summed E-state index contributed by atoms with van der Waals surface area (Å²) >= 11 is 0. The van der Waals surface area contributed by atoms with E-state index in [-0.39, 0.29) is 28.8 Å². The van der Waals surface area contributed by atoms with Crippen LogP contribution in [0.1, 0.15) is 24.2 Å². The number of hydrogen-bond donors (Lipinski definition) is 0. The van der Waals surface area contributed by atoms with E-state index in [0.717, 1.165) is 5.69 Å². The number of carbonyl (C=O) groups is 1. The number of anilines is 1. The molecule has 9 heteroatoms. The summed E-state index contributed by atoms with van der Waals surface area (Å²) in [5, 5.41) is 0. The van der Waals surface area contributed by atoms with Crippen LogP contribution in [-0.2, 0) is 14.8 Å². The molecule has 2 aromatic rings. The van der Waals surface area contributed by atoms with Crippen molar-refractivity contribution in [3.8, 4) is 0 Å². The number of rotatable bonds is 4. The Hall–Kier alpha value is -2.49. The Kier molecular flexibility index (Phi) is 6.50. The third kappa shape index (κ3) is 4.79. The first-order valence-electron chi connectivity index (χ1n) is 10.8. The number of sulfonamides is 1. The molecule has 0 bridgehead atoms. The van der Waals surface area contributed by atoms with Crippen molar-refractivity contribution in [1.29, 1.82) is 0 Å². The van der Waals surface area contributed by atoms with Gasteiger partial charge in [-0.2, -0.15) is 4.31 Å². The van der Waals surface area contributed by atoms with Crippen LogP contribution in [-0.4, -0.2) is 75.0 Å². The molecule has 7 nitrogen and oxygen atoms in total. The van der Waals surface area contributed by atoms with E-state index in [1.807, 2.05) is 18.7 Å². The predicted molar refractivity (Wildman–Crippen MR) is 120 cm³/mol.